The van der Waals surface area contributed by atoms with Crippen molar-refractivity contribution in [2.45, 2.75) is 32.7 Å². The second kappa shape index (κ2) is 8.98. The van der Waals surface area contributed by atoms with Crippen molar-refractivity contribution in [3.63, 3.8) is 0 Å². The minimum atomic E-state index is -0.0301. The Bertz CT molecular complexity index is 1010. The minimum absolute atomic E-state index is 0.0301. The van der Waals surface area contributed by atoms with Crippen molar-refractivity contribution in [1.82, 2.24) is 9.80 Å². The Labute approximate surface area is 184 Å². The van der Waals surface area contributed by atoms with Crippen LogP contribution >= 0.6 is 0 Å². The van der Waals surface area contributed by atoms with E-state index in [9.17, 15) is 4.79 Å². The molecule has 5 heteroatoms. The van der Waals surface area contributed by atoms with Crippen LogP contribution in [0.25, 0.3) is 0 Å². The van der Waals surface area contributed by atoms with E-state index in [-0.39, 0.29) is 11.3 Å². The number of carbonyl (C=O) groups is 1. The molecule has 0 bridgehead atoms. The van der Waals surface area contributed by atoms with Gasteiger partial charge in [-0.2, -0.15) is 0 Å². The Morgan fingerprint density at radius 1 is 0.935 bits per heavy atom. The maximum atomic E-state index is 12.4. The van der Waals surface area contributed by atoms with Gasteiger partial charge in [-0.1, -0.05) is 45.0 Å². The van der Waals surface area contributed by atoms with Crippen LogP contribution in [0.4, 0.5) is 0 Å². The van der Waals surface area contributed by atoms with Crippen molar-refractivity contribution in [2.24, 2.45) is 0 Å². The predicted molar refractivity (Wildman–Crippen MR) is 122 cm³/mol. The molecule has 162 valence electrons. The van der Waals surface area contributed by atoms with E-state index in [2.05, 4.69) is 49.9 Å². The Hall–Kier alpha value is -3.05. The maximum Gasteiger partial charge on any atom is 0.289 e. The number of amides is 1. The fourth-order valence-electron chi connectivity index (χ4n) is 3.79. The Morgan fingerprint density at radius 3 is 2.32 bits per heavy atom. The van der Waals surface area contributed by atoms with E-state index in [4.69, 9.17) is 9.15 Å². The lowest BCUT2D eigenvalue weighted by Gasteiger charge is -2.34. The number of piperazine rings is 1. The van der Waals surface area contributed by atoms with Gasteiger partial charge < -0.3 is 14.1 Å². The molecule has 1 aliphatic rings. The normalized spacial score (nSPS) is 15.1. The average Bonchev–Trinajstić information content (AvgIpc) is 3.29. The van der Waals surface area contributed by atoms with Crippen LogP contribution in [0.15, 0.2) is 71.3 Å². The zero-order valence-electron chi connectivity index (χ0n) is 18.5. The summed E-state index contributed by atoms with van der Waals surface area (Å²) in [6, 6.07) is 20.0. The third-order valence-electron chi connectivity index (χ3n) is 5.63. The number of furan rings is 1. The predicted octanol–water partition coefficient (Wildman–Crippen LogP) is 5.33. The van der Waals surface area contributed by atoms with Gasteiger partial charge in [-0.3, -0.25) is 9.69 Å². The fourth-order valence-corrected chi connectivity index (χ4v) is 3.79. The molecule has 0 saturated carbocycles. The molecule has 4 rings (SSSR count). The van der Waals surface area contributed by atoms with Gasteiger partial charge in [0.25, 0.3) is 5.91 Å². The van der Waals surface area contributed by atoms with Crippen LogP contribution in [0.2, 0.25) is 0 Å². The summed E-state index contributed by atoms with van der Waals surface area (Å²) in [5.74, 6) is 2.08. The van der Waals surface area contributed by atoms with Gasteiger partial charge in [0.1, 0.15) is 11.5 Å². The van der Waals surface area contributed by atoms with Gasteiger partial charge >= 0.3 is 0 Å². The number of benzene rings is 2. The molecule has 1 saturated heterocycles. The number of hydrogen-bond acceptors (Lipinski definition) is 4. The highest BCUT2D eigenvalue weighted by Gasteiger charge is 2.23. The Kier molecular flexibility index (Phi) is 6.14. The summed E-state index contributed by atoms with van der Waals surface area (Å²) in [5, 5.41) is 0. The first-order valence-corrected chi connectivity index (χ1v) is 10.8. The molecule has 3 aromatic rings. The lowest BCUT2D eigenvalue weighted by atomic mass is 9.87. The van der Waals surface area contributed by atoms with Gasteiger partial charge in [-0.25, -0.2) is 0 Å². The molecular weight excluding hydrogens is 388 g/mol. The summed E-state index contributed by atoms with van der Waals surface area (Å²) >= 11 is 0. The molecule has 0 aliphatic carbocycles. The highest BCUT2D eigenvalue weighted by atomic mass is 16.5. The van der Waals surface area contributed by atoms with E-state index < -0.39 is 0 Å². The highest BCUT2D eigenvalue weighted by Crippen LogP contribution is 2.29. The third-order valence-corrected chi connectivity index (χ3v) is 5.63. The molecule has 1 fully saturated rings. The van der Waals surface area contributed by atoms with Crippen LogP contribution in [0.3, 0.4) is 0 Å². The van der Waals surface area contributed by atoms with E-state index in [1.165, 1.54) is 17.4 Å². The Balaban J connectivity index is 1.35. The quantitative estimate of drug-likeness (QED) is 0.562. The van der Waals surface area contributed by atoms with Gasteiger partial charge in [0.2, 0.25) is 0 Å². The van der Waals surface area contributed by atoms with E-state index in [1.807, 2.05) is 29.2 Å². The number of ether oxygens (including phenoxy) is 1. The highest BCUT2D eigenvalue weighted by molar-refractivity contribution is 5.91. The fraction of sp³-hybridized carbons (Fsp3) is 0.346. The molecule has 31 heavy (non-hydrogen) atoms. The first-order valence-electron chi connectivity index (χ1n) is 10.8. The summed E-state index contributed by atoms with van der Waals surface area (Å²) in [6.07, 6.45) is 1.54. The van der Waals surface area contributed by atoms with E-state index >= 15 is 0 Å². The summed E-state index contributed by atoms with van der Waals surface area (Å²) < 4.78 is 11.4. The third kappa shape index (κ3) is 5.36. The second-order valence-electron chi connectivity index (χ2n) is 9.07. The van der Waals surface area contributed by atoms with Crippen molar-refractivity contribution >= 4 is 5.91 Å². The van der Waals surface area contributed by atoms with Crippen LogP contribution in [0.1, 0.15) is 42.5 Å². The van der Waals surface area contributed by atoms with Crippen LogP contribution in [0, 0.1) is 0 Å². The largest absolute Gasteiger partial charge is 0.459 e. The maximum absolute atomic E-state index is 12.4. The monoisotopic (exact) mass is 418 g/mol. The van der Waals surface area contributed by atoms with Gasteiger partial charge in [0.15, 0.2) is 5.76 Å². The Morgan fingerprint density at radius 2 is 1.65 bits per heavy atom. The molecule has 0 N–H and O–H groups in total. The SMILES string of the molecule is CC(C)(C)c1cccc(Oc2cccc(CN3CCN(C(=O)c4ccco4)CC3)c2)c1. The van der Waals surface area contributed by atoms with Gasteiger partial charge in [0.05, 0.1) is 6.26 Å². The standard InChI is InChI=1S/C26H30N2O3/c1-26(2,3)21-8-5-10-23(18-21)31-22-9-4-7-20(17-22)19-27-12-14-28(15-13-27)25(29)24-11-6-16-30-24/h4-11,16-18H,12-15,19H2,1-3H3. The average molecular weight is 419 g/mol. The molecule has 2 aromatic carbocycles. The zero-order valence-corrected chi connectivity index (χ0v) is 18.5. The van der Waals surface area contributed by atoms with Crippen molar-refractivity contribution in [1.29, 1.82) is 0 Å². The number of nitrogens with zero attached hydrogens (tertiary/aromatic N) is 2. The lowest BCUT2D eigenvalue weighted by molar-refractivity contribution is 0.0598. The number of rotatable bonds is 5. The van der Waals surface area contributed by atoms with Crippen molar-refractivity contribution in [3.8, 4) is 11.5 Å². The summed E-state index contributed by atoms with van der Waals surface area (Å²) in [4.78, 5) is 16.7. The summed E-state index contributed by atoms with van der Waals surface area (Å²) in [6.45, 7) is 10.5. The number of carbonyl (C=O) groups excluding carboxylic acids is 1. The van der Waals surface area contributed by atoms with E-state index in [0.717, 1.165) is 31.1 Å². The molecule has 1 amide bonds. The van der Waals surface area contributed by atoms with Crippen molar-refractivity contribution in [2.75, 3.05) is 26.2 Å². The number of hydrogen-bond donors (Lipinski definition) is 0. The minimum Gasteiger partial charge on any atom is -0.459 e. The van der Waals surface area contributed by atoms with E-state index in [1.54, 1.807) is 12.1 Å². The molecule has 0 spiro atoms. The van der Waals surface area contributed by atoms with Crippen LogP contribution in [-0.2, 0) is 12.0 Å². The molecule has 2 heterocycles. The first kappa shape index (κ1) is 21.2. The molecule has 1 aromatic heterocycles. The smallest absolute Gasteiger partial charge is 0.289 e. The van der Waals surface area contributed by atoms with Crippen LogP contribution in [-0.4, -0.2) is 41.9 Å². The van der Waals surface area contributed by atoms with Crippen molar-refractivity contribution < 1.29 is 13.9 Å². The molecule has 0 atom stereocenters. The zero-order chi connectivity index (χ0) is 21.8. The van der Waals surface area contributed by atoms with Crippen LogP contribution < -0.4 is 4.74 Å². The van der Waals surface area contributed by atoms with Gasteiger partial charge in [-0.15, -0.1) is 0 Å². The molecular formula is C26H30N2O3. The molecule has 0 radical (unpaired) electrons. The molecule has 0 unspecified atom stereocenters. The topological polar surface area (TPSA) is 45.9 Å². The molecule has 5 nitrogen and oxygen atoms in total. The molecule has 1 aliphatic heterocycles. The van der Waals surface area contributed by atoms with Crippen LogP contribution in [0.5, 0.6) is 11.5 Å². The van der Waals surface area contributed by atoms with E-state index in [0.29, 0.717) is 18.8 Å². The summed E-state index contributed by atoms with van der Waals surface area (Å²) in [7, 11) is 0. The first-order chi connectivity index (χ1) is 14.9. The van der Waals surface area contributed by atoms with Gasteiger partial charge in [0, 0.05) is 32.7 Å². The van der Waals surface area contributed by atoms with Gasteiger partial charge in [-0.05, 0) is 52.9 Å². The second-order valence-corrected chi connectivity index (χ2v) is 9.07. The lowest BCUT2D eigenvalue weighted by Crippen LogP contribution is -2.48. The van der Waals surface area contributed by atoms with Crippen molar-refractivity contribution in [3.05, 3.63) is 83.8 Å². The summed E-state index contributed by atoms with van der Waals surface area (Å²) in [5.41, 5.74) is 2.54.